The molecule has 2 rings (SSSR count). The first-order valence-corrected chi connectivity index (χ1v) is 8.39. The standard InChI is InChI=1S/C19H23ClN2O2/c1-13(17-6-4-5-7-18(17)20)22-14(2)19(23)21-12-15-8-10-16(24-3)11-9-15/h4-11,13-14,22H,12H2,1-3H3,(H,21,23)/p+1/t13-,14+/m0/s1. The summed E-state index contributed by atoms with van der Waals surface area (Å²) in [5.41, 5.74) is 2.07. The van der Waals surface area contributed by atoms with Gasteiger partial charge < -0.3 is 15.4 Å². The van der Waals surface area contributed by atoms with Gasteiger partial charge in [0.2, 0.25) is 0 Å². The molecule has 5 heteroatoms. The smallest absolute Gasteiger partial charge is 0.278 e. The number of hydrogen-bond acceptors (Lipinski definition) is 2. The fourth-order valence-corrected chi connectivity index (χ4v) is 2.87. The Morgan fingerprint density at radius 1 is 1.17 bits per heavy atom. The number of benzene rings is 2. The summed E-state index contributed by atoms with van der Waals surface area (Å²) < 4.78 is 5.13. The van der Waals surface area contributed by atoms with Gasteiger partial charge in [0.15, 0.2) is 6.04 Å². The maximum absolute atomic E-state index is 12.3. The van der Waals surface area contributed by atoms with Gasteiger partial charge in [-0.15, -0.1) is 0 Å². The Kier molecular flexibility index (Phi) is 6.64. The lowest BCUT2D eigenvalue weighted by Crippen LogP contribution is -2.92. The molecule has 128 valence electrons. The van der Waals surface area contributed by atoms with E-state index in [-0.39, 0.29) is 18.0 Å². The Morgan fingerprint density at radius 2 is 1.83 bits per heavy atom. The third-order valence-corrected chi connectivity index (χ3v) is 4.36. The molecule has 0 aliphatic heterocycles. The lowest BCUT2D eigenvalue weighted by Gasteiger charge is -2.17. The number of nitrogens with two attached hydrogens (primary N) is 1. The van der Waals surface area contributed by atoms with Crippen LogP contribution in [0, 0.1) is 0 Å². The van der Waals surface area contributed by atoms with Crippen molar-refractivity contribution >= 4 is 17.5 Å². The lowest BCUT2D eigenvalue weighted by molar-refractivity contribution is -0.710. The third kappa shape index (κ3) is 4.98. The Labute approximate surface area is 148 Å². The molecule has 0 fully saturated rings. The number of halogens is 1. The first-order chi connectivity index (χ1) is 11.5. The quantitative estimate of drug-likeness (QED) is 0.809. The molecule has 0 aromatic heterocycles. The van der Waals surface area contributed by atoms with E-state index in [4.69, 9.17) is 16.3 Å². The molecule has 0 unspecified atom stereocenters. The molecule has 24 heavy (non-hydrogen) atoms. The minimum Gasteiger partial charge on any atom is -0.497 e. The van der Waals surface area contributed by atoms with E-state index < -0.39 is 0 Å². The minimum absolute atomic E-state index is 0.00437. The number of nitrogens with one attached hydrogen (secondary N) is 1. The van der Waals surface area contributed by atoms with E-state index in [2.05, 4.69) is 12.2 Å². The zero-order valence-corrected chi connectivity index (χ0v) is 15.0. The van der Waals surface area contributed by atoms with E-state index in [1.54, 1.807) is 7.11 Å². The van der Waals surface area contributed by atoms with E-state index in [1.165, 1.54) is 0 Å². The fourth-order valence-electron chi connectivity index (χ4n) is 2.56. The molecule has 0 heterocycles. The number of rotatable bonds is 7. The van der Waals surface area contributed by atoms with Gasteiger partial charge in [-0.3, -0.25) is 4.79 Å². The first kappa shape index (κ1) is 18.3. The summed E-state index contributed by atoms with van der Waals surface area (Å²) in [4.78, 5) is 12.3. The summed E-state index contributed by atoms with van der Waals surface area (Å²) in [6.07, 6.45) is 0. The first-order valence-electron chi connectivity index (χ1n) is 8.01. The van der Waals surface area contributed by atoms with Crippen LogP contribution in [0.3, 0.4) is 0 Å². The number of amides is 1. The van der Waals surface area contributed by atoms with Gasteiger partial charge in [0.25, 0.3) is 5.91 Å². The normalized spacial score (nSPS) is 13.2. The second kappa shape index (κ2) is 8.71. The summed E-state index contributed by atoms with van der Waals surface area (Å²) >= 11 is 6.22. The Morgan fingerprint density at radius 3 is 2.46 bits per heavy atom. The zero-order valence-electron chi connectivity index (χ0n) is 14.3. The van der Waals surface area contributed by atoms with Gasteiger partial charge in [-0.1, -0.05) is 41.9 Å². The van der Waals surface area contributed by atoms with Gasteiger partial charge in [-0.25, -0.2) is 0 Å². The maximum atomic E-state index is 12.3. The molecule has 0 aliphatic carbocycles. The molecular formula is C19H24ClN2O2+. The average Bonchev–Trinajstić information content (AvgIpc) is 2.60. The molecule has 4 nitrogen and oxygen atoms in total. The predicted octanol–water partition coefficient (Wildman–Crippen LogP) is 2.68. The topological polar surface area (TPSA) is 54.9 Å². The minimum atomic E-state index is -0.200. The molecule has 3 N–H and O–H groups in total. The SMILES string of the molecule is COc1ccc(CNC(=O)[C@@H](C)[NH2+][C@@H](C)c2ccccc2Cl)cc1. The predicted molar refractivity (Wildman–Crippen MR) is 96.1 cm³/mol. The monoisotopic (exact) mass is 347 g/mol. The summed E-state index contributed by atoms with van der Waals surface area (Å²) in [5, 5.41) is 5.71. The van der Waals surface area contributed by atoms with Gasteiger partial charge in [0.1, 0.15) is 11.8 Å². The van der Waals surface area contributed by atoms with Crippen LogP contribution in [0.25, 0.3) is 0 Å². The van der Waals surface area contributed by atoms with Crippen LogP contribution in [-0.4, -0.2) is 19.1 Å². The van der Waals surface area contributed by atoms with Crippen molar-refractivity contribution < 1.29 is 14.8 Å². The van der Waals surface area contributed by atoms with E-state index in [0.717, 1.165) is 21.9 Å². The van der Waals surface area contributed by atoms with Gasteiger partial charge >= 0.3 is 0 Å². The summed E-state index contributed by atoms with van der Waals surface area (Å²) in [7, 11) is 1.63. The molecule has 0 spiro atoms. The highest BCUT2D eigenvalue weighted by atomic mass is 35.5. The van der Waals surface area contributed by atoms with Crippen LogP contribution in [0.5, 0.6) is 5.75 Å². The molecule has 0 bridgehead atoms. The maximum Gasteiger partial charge on any atom is 0.278 e. The fraction of sp³-hybridized carbons (Fsp3) is 0.316. The summed E-state index contributed by atoms with van der Waals surface area (Å²) in [6, 6.07) is 15.3. The Bertz CT molecular complexity index is 673. The number of carbonyl (C=O) groups is 1. The van der Waals surface area contributed by atoms with Gasteiger partial charge in [-0.05, 0) is 37.6 Å². The van der Waals surface area contributed by atoms with Crippen molar-refractivity contribution in [1.82, 2.24) is 5.32 Å². The van der Waals surface area contributed by atoms with E-state index in [9.17, 15) is 4.79 Å². The highest BCUT2D eigenvalue weighted by molar-refractivity contribution is 6.31. The summed E-state index contributed by atoms with van der Waals surface area (Å²) in [5.74, 6) is 0.810. The zero-order chi connectivity index (χ0) is 17.5. The van der Waals surface area contributed by atoms with E-state index >= 15 is 0 Å². The van der Waals surface area contributed by atoms with Crippen LogP contribution in [0.4, 0.5) is 0 Å². The number of methoxy groups -OCH3 is 1. The molecule has 0 saturated heterocycles. The van der Waals surface area contributed by atoms with Crippen LogP contribution in [0.1, 0.15) is 31.0 Å². The highest BCUT2D eigenvalue weighted by Gasteiger charge is 2.21. The van der Waals surface area contributed by atoms with Gasteiger partial charge in [0.05, 0.1) is 7.11 Å². The molecule has 2 aromatic rings. The lowest BCUT2D eigenvalue weighted by atomic mass is 10.1. The van der Waals surface area contributed by atoms with Crippen molar-refractivity contribution in [3.8, 4) is 5.75 Å². The molecule has 2 atom stereocenters. The van der Waals surface area contributed by atoms with Crippen LogP contribution < -0.4 is 15.4 Å². The molecule has 2 aromatic carbocycles. The van der Waals surface area contributed by atoms with Crippen molar-refractivity contribution in [3.05, 3.63) is 64.7 Å². The van der Waals surface area contributed by atoms with Crippen LogP contribution in [0.15, 0.2) is 48.5 Å². The van der Waals surface area contributed by atoms with E-state index in [1.807, 2.05) is 60.8 Å². The molecular weight excluding hydrogens is 324 g/mol. The van der Waals surface area contributed by atoms with Crippen LogP contribution in [0.2, 0.25) is 5.02 Å². The molecule has 0 radical (unpaired) electrons. The van der Waals surface area contributed by atoms with Gasteiger partial charge in [0, 0.05) is 17.1 Å². The third-order valence-electron chi connectivity index (χ3n) is 4.01. The van der Waals surface area contributed by atoms with E-state index in [0.29, 0.717) is 6.54 Å². The van der Waals surface area contributed by atoms with Gasteiger partial charge in [-0.2, -0.15) is 0 Å². The second-order valence-corrected chi connectivity index (χ2v) is 6.26. The molecule has 0 aliphatic rings. The Hall–Kier alpha value is -2.04. The Balaban J connectivity index is 1.86. The average molecular weight is 348 g/mol. The number of carbonyl (C=O) groups excluding carboxylic acids is 1. The van der Waals surface area contributed by atoms with Crippen molar-refractivity contribution in [2.24, 2.45) is 0 Å². The van der Waals surface area contributed by atoms with Crippen molar-refractivity contribution in [2.75, 3.05) is 7.11 Å². The van der Waals surface area contributed by atoms with Crippen LogP contribution in [-0.2, 0) is 11.3 Å². The van der Waals surface area contributed by atoms with Crippen molar-refractivity contribution in [1.29, 1.82) is 0 Å². The largest absolute Gasteiger partial charge is 0.497 e. The number of quaternary nitrogens is 1. The van der Waals surface area contributed by atoms with Crippen molar-refractivity contribution in [2.45, 2.75) is 32.5 Å². The number of hydrogen-bond donors (Lipinski definition) is 2. The highest BCUT2D eigenvalue weighted by Crippen LogP contribution is 2.19. The summed E-state index contributed by atoms with van der Waals surface area (Å²) in [6.45, 7) is 4.45. The second-order valence-electron chi connectivity index (χ2n) is 5.86. The molecule has 1 amide bonds. The van der Waals surface area contributed by atoms with Crippen LogP contribution >= 0.6 is 11.6 Å². The molecule has 0 saturated carbocycles. The number of ether oxygens (including phenoxy) is 1. The van der Waals surface area contributed by atoms with Crippen molar-refractivity contribution in [3.63, 3.8) is 0 Å².